The molecule has 0 N–H and O–H groups in total. The van der Waals surface area contributed by atoms with Crippen LogP contribution in [-0.4, -0.2) is 43.6 Å². The molecule has 2 atom stereocenters. The van der Waals surface area contributed by atoms with Crippen molar-refractivity contribution in [3.8, 4) is 0 Å². The van der Waals surface area contributed by atoms with Crippen LogP contribution in [0.25, 0.3) is 0 Å². The average Bonchev–Trinajstić information content (AvgIpc) is 2.61. The van der Waals surface area contributed by atoms with Crippen LogP contribution in [0.4, 0.5) is 0 Å². The van der Waals surface area contributed by atoms with Crippen molar-refractivity contribution in [1.82, 2.24) is 0 Å². The van der Waals surface area contributed by atoms with Crippen LogP contribution in [0.5, 0.6) is 0 Å². The Bertz CT molecular complexity index is 455. The largest absolute Gasteiger partial charge is 0.748 e. The first-order valence-electron chi connectivity index (χ1n) is 11.0. The minimum absolute atomic E-state index is 0.216. The highest BCUT2D eigenvalue weighted by Gasteiger charge is 2.32. The van der Waals surface area contributed by atoms with Gasteiger partial charge in [0.2, 0.25) is 0 Å². The monoisotopic (exact) mass is 405 g/mol. The molecule has 0 spiro atoms. The minimum Gasteiger partial charge on any atom is -0.748 e. The number of ether oxygens (including phenoxy) is 2. The van der Waals surface area contributed by atoms with Crippen LogP contribution in [0, 0.1) is 0 Å². The van der Waals surface area contributed by atoms with Crippen LogP contribution >= 0.6 is 0 Å². The van der Waals surface area contributed by atoms with E-state index in [1.54, 1.807) is 0 Å². The Kier molecular flexibility index (Phi) is 12.8. The second-order valence-corrected chi connectivity index (χ2v) is 9.91. The van der Waals surface area contributed by atoms with Gasteiger partial charge in [-0.2, -0.15) is 0 Å². The van der Waals surface area contributed by atoms with Crippen LogP contribution < -0.4 is 0 Å². The molecular weight excluding hydrogens is 364 g/mol. The quantitative estimate of drug-likeness (QED) is 0.261. The maximum atomic E-state index is 10.6. The molecule has 1 aliphatic heterocycles. The Labute approximate surface area is 167 Å². The fourth-order valence-electron chi connectivity index (χ4n) is 3.63. The van der Waals surface area contributed by atoms with Crippen molar-refractivity contribution in [2.24, 2.45) is 0 Å². The molecule has 0 aromatic carbocycles. The molecule has 1 saturated heterocycles. The van der Waals surface area contributed by atoms with Crippen molar-refractivity contribution in [3.63, 3.8) is 0 Å². The van der Waals surface area contributed by atoms with Gasteiger partial charge in [-0.05, 0) is 26.2 Å². The highest BCUT2D eigenvalue weighted by atomic mass is 32.2. The first-order valence-corrected chi connectivity index (χ1v) is 12.6. The lowest BCUT2D eigenvalue weighted by Crippen LogP contribution is -2.44. The Hall–Kier alpha value is -0.170. The maximum Gasteiger partial charge on any atom is 0.0945 e. The summed E-state index contributed by atoms with van der Waals surface area (Å²) in [5.74, 6) is -0.262. The first kappa shape index (κ1) is 24.9. The summed E-state index contributed by atoms with van der Waals surface area (Å²) in [5, 5.41) is 0. The van der Waals surface area contributed by atoms with E-state index in [-0.39, 0.29) is 17.5 Å². The molecule has 27 heavy (non-hydrogen) atoms. The van der Waals surface area contributed by atoms with Crippen LogP contribution in [0.15, 0.2) is 0 Å². The molecular formula is C21H41O5S-. The molecule has 2 unspecified atom stereocenters. The Balaban J connectivity index is 1.98. The molecule has 6 heteroatoms. The zero-order chi connectivity index (χ0) is 20.0. The molecule has 1 heterocycles. The van der Waals surface area contributed by atoms with Gasteiger partial charge < -0.3 is 14.0 Å². The third-order valence-electron chi connectivity index (χ3n) is 5.47. The lowest BCUT2D eigenvalue weighted by molar-refractivity contribution is -0.187. The summed E-state index contributed by atoms with van der Waals surface area (Å²) >= 11 is 0. The van der Waals surface area contributed by atoms with E-state index in [2.05, 4.69) is 13.8 Å². The van der Waals surface area contributed by atoms with Crippen LogP contribution in [0.1, 0.15) is 104 Å². The van der Waals surface area contributed by atoms with Crippen molar-refractivity contribution < 1.29 is 22.4 Å². The topological polar surface area (TPSA) is 75.7 Å². The van der Waals surface area contributed by atoms with E-state index in [1.807, 2.05) is 0 Å². The molecule has 0 radical (unpaired) electrons. The molecule has 0 aliphatic carbocycles. The zero-order valence-electron chi connectivity index (χ0n) is 17.5. The van der Waals surface area contributed by atoms with Gasteiger partial charge in [-0.3, -0.25) is 0 Å². The number of hydrogen-bond acceptors (Lipinski definition) is 5. The normalized spacial score (nSPS) is 23.6. The maximum absolute atomic E-state index is 10.6. The predicted octanol–water partition coefficient (Wildman–Crippen LogP) is 5.19. The molecule has 162 valence electrons. The lowest BCUT2D eigenvalue weighted by atomic mass is 9.97. The van der Waals surface area contributed by atoms with Gasteiger partial charge in [-0.15, -0.1) is 0 Å². The molecule has 0 bridgehead atoms. The van der Waals surface area contributed by atoms with Crippen LogP contribution in [0.3, 0.4) is 0 Å². The molecule has 1 fully saturated rings. The second-order valence-electron chi connectivity index (χ2n) is 8.38. The molecule has 1 aliphatic rings. The summed E-state index contributed by atoms with van der Waals surface area (Å²) < 4.78 is 43.8. The molecule has 1 rings (SSSR count). The van der Waals surface area contributed by atoms with Crippen molar-refractivity contribution in [2.45, 2.75) is 115 Å². The van der Waals surface area contributed by atoms with Crippen molar-refractivity contribution in [3.05, 3.63) is 0 Å². The van der Waals surface area contributed by atoms with E-state index in [0.717, 1.165) is 25.7 Å². The smallest absolute Gasteiger partial charge is 0.0945 e. The molecule has 0 aromatic rings. The summed E-state index contributed by atoms with van der Waals surface area (Å²) in [5.41, 5.74) is -0.272. The van der Waals surface area contributed by atoms with Gasteiger partial charge in [0, 0.05) is 5.75 Å². The van der Waals surface area contributed by atoms with Gasteiger partial charge in [-0.25, -0.2) is 8.42 Å². The SMILES string of the molecule is CCCCCCCCCCCC1COC(C)(CCCCCS(=O)(=O)[O-])CO1. The Morgan fingerprint density at radius 3 is 2.07 bits per heavy atom. The summed E-state index contributed by atoms with van der Waals surface area (Å²) in [7, 11) is -4.08. The summed E-state index contributed by atoms with van der Waals surface area (Å²) in [6.07, 6.45) is 16.2. The fourth-order valence-corrected chi connectivity index (χ4v) is 4.18. The summed E-state index contributed by atoms with van der Waals surface area (Å²) in [6, 6.07) is 0. The predicted molar refractivity (Wildman–Crippen MR) is 109 cm³/mol. The molecule has 0 amide bonds. The lowest BCUT2D eigenvalue weighted by Gasteiger charge is -2.38. The second kappa shape index (κ2) is 13.9. The van der Waals surface area contributed by atoms with Crippen molar-refractivity contribution in [1.29, 1.82) is 0 Å². The van der Waals surface area contributed by atoms with Gasteiger partial charge >= 0.3 is 0 Å². The van der Waals surface area contributed by atoms with Gasteiger partial charge in [0.1, 0.15) is 0 Å². The number of unbranched alkanes of at least 4 members (excludes halogenated alkanes) is 10. The molecule has 5 nitrogen and oxygen atoms in total. The molecule has 0 aromatic heterocycles. The zero-order valence-corrected chi connectivity index (χ0v) is 18.4. The van der Waals surface area contributed by atoms with E-state index in [1.165, 1.54) is 57.8 Å². The van der Waals surface area contributed by atoms with Gasteiger partial charge in [0.05, 0.1) is 35.0 Å². The van der Waals surface area contributed by atoms with E-state index in [9.17, 15) is 13.0 Å². The van der Waals surface area contributed by atoms with Crippen LogP contribution in [0.2, 0.25) is 0 Å². The number of hydrogen-bond donors (Lipinski definition) is 0. The van der Waals surface area contributed by atoms with Crippen molar-refractivity contribution >= 4 is 10.1 Å². The highest BCUT2D eigenvalue weighted by Crippen LogP contribution is 2.26. The van der Waals surface area contributed by atoms with Crippen LogP contribution in [-0.2, 0) is 19.6 Å². The van der Waals surface area contributed by atoms with Crippen molar-refractivity contribution in [2.75, 3.05) is 19.0 Å². The minimum atomic E-state index is -4.08. The summed E-state index contributed by atoms with van der Waals surface area (Å²) in [4.78, 5) is 0. The van der Waals surface area contributed by atoms with Gasteiger partial charge in [-0.1, -0.05) is 77.6 Å². The number of rotatable bonds is 16. The summed E-state index contributed by atoms with van der Waals surface area (Å²) in [6.45, 7) is 5.58. The van der Waals surface area contributed by atoms with E-state index >= 15 is 0 Å². The highest BCUT2D eigenvalue weighted by molar-refractivity contribution is 7.85. The fraction of sp³-hybridized carbons (Fsp3) is 1.00. The third kappa shape index (κ3) is 13.6. The Morgan fingerprint density at radius 1 is 0.926 bits per heavy atom. The molecule has 0 saturated carbocycles. The van der Waals surface area contributed by atoms with Gasteiger partial charge in [0.25, 0.3) is 0 Å². The van der Waals surface area contributed by atoms with E-state index in [4.69, 9.17) is 9.47 Å². The van der Waals surface area contributed by atoms with E-state index < -0.39 is 10.1 Å². The Morgan fingerprint density at radius 2 is 1.52 bits per heavy atom. The van der Waals surface area contributed by atoms with E-state index in [0.29, 0.717) is 19.6 Å². The third-order valence-corrected chi connectivity index (χ3v) is 6.26. The average molecular weight is 406 g/mol. The van der Waals surface area contributed by atoms with Gasteiger partial charge in [0.15, 0.2) is 0 Å². The first-order chi connectivity index (χ1) is 12.8. The standard InChI is InChI=1S/C21H42O5S/c1-3-4-5-6-7-8-9-10-12-15-20-18-26-21(2,19-25-20)16-13-11-14-17-27(22,23)24/h20H,3-19H2,1-2H3,(H,22,23,24)/p-1.